The van der Waals surface area contributed by atoms with Crippen molar-refractivity contribution in [3.63, 3.8) is 0 Å². The van der Waals surface area contributed by atoms with Crippen molar-refractivity contribution in [2.24, 2.45) is 11.7 Å². The number of benzene rings is 1. The van der Waals surface area contributed by atoms with E-state index in [-0.39, 0.29) is 6.04 Å². The van der Waals surface area contributed by atoms with Gasteiger partial charge in [-0.3, -0.25) is 0 Å². The van der Waals surface area contributed by atoms with E-state index in [2.05, 4.69) is 13.8 Å². The molecule has 0 bridgehead atoms. The van der Waals surface area contributed by atoms with E-state index in [1.54, 1.807) is 6.07 Å². The first-order valence-corrected chi connectivity index (χ1v) is 5.97. The van der Waals surface area contributed by atoms with Crippen LogP contribution in [0.15, 0.2) is 18.2 Å². The second-order valence-electron chi connectivity index (χ2n) is 4.24. The van der Waals surface area contributed by atoms with Gasteiger partial charge in [0.05, 0.1) is 0 Å². The van der Waals surface area contributed by atoms with Crippen LogP contribution >= 0.6 is 23.2 Å². The van der Waals surface area contributed by atoms with Crippen molar-refractivity contribution < 1.29 is 0 Å². The Morgan fingerprint density at radius 2 is 1.87 bits per heavy atom. The Bertz CT molecular complexity index is 323. The molecule has 3 heteroatoms. The van der Waals surface area contributed by atoms with E-state index in [1.807, 2.05) is 12.1 Å². The highest BCUT2D eigenvalue weighted by Gasteiger charge is 2.10. The summed E-state index contributed by atoms with van der Waals surface area (Å²) in [5.74, 6) is 0.669. The van der Waals surface area contributed by atoms with E-state index < -0.39 is 0 Å². The third-order valence-corrected chi connectivity index (χ3v) is 2.98. The molecule has 0 aliphatic carbocycles. The molecule has 84 valence electrons. The quantitative estimate of drug-likeness (QED) is 0.835. The number of hydrogen-bond donors (Lipinski definition) is 1. The summed E-state index contributed by atoms with van der Waals surface area (Å²) in [6.07, 6.45) is 2.07. The first-order chi connectivity index (χ1) is 7.00. The summed E-state index contributed by atoms with van der Waals surface area (Å²) >= 11 is 11.9. The molecule has 15 heavy (non-hydrogen) atoms. The zero-order valence-corrected chi connectivity index (χ0v) is 10.6. The maximum atomic E-state index is 6.08. The van der Waals surface area contributed by atoms with E-state index in [9.17, 15) is 0 Å². The van der Waals surface area contributed by atoms with Crippen LogP contribution < -0.4 is 5.73 Å². The lowest BCUT2D eigenvalue weighted by molar-refractivity contribution is 0.507. The van der Waals surface area contributed by atoms with Crippen LogP contribution in [0.3, 0.4) is 0 Å². The van der Waals surface area contributed by atoms with Gasteiger partial charge in [0.2, 0.25) is 0 Å². The average Bonchev–Trinajstić information content (AvgIpc) is 2.14. The van der Waals surface area contributed by atoms with Crippen LogP contribution in [-0.2, 0) is 0 Å². The molecule has 0 amide bonds. The molecule has 1 atom stereocenters. The number of halogens is 2. The van der Waals surface area contributed by atoms with Gasteiger partial charge in [0, 0.05) is 16.1 Å². The minimum absolute atomic E-state index is 0.0113. The van der Waals surface area contributed by atoms with Crippen LogP contribution in [0, 0.1) is 5.92 Å². The highest BCUT2D eigenvalue weighted by atomic mass is 35.5. The first kappa shape index (κ1) is 12.8. The minimum atomic E-state index is 0.0113. The molecule has 0 unspecified atom stereocenters. The van der Waals surface area contributed by atoms with Gasteiger partial charge in [-0.05, 0) is 36.5 Å². The van der Waals surface area contributed by atoms with E-state index in [1.165, 1.54) is 0 Å². The smallest absolute Gasteiger partial charge is 0.0468 e. The number of hydrogen-bond acceptors (Lipinski definition) is 1. The predicted octanol–water partition coefficient (Wildman–Crippen LogP) is 4.43. The van der Waals surface area contributed by atoms with Crippen molar-refractivity contribution in [1.29, 1.82) is 0 Å². The molecule has 1 nitrogen and oxygen atoms in total. The third kappa shape index (κ3) is 4.02. The van der Waals surface area contributed by atoms with Crippen LogP contribution in [0.2, 0.25) is 10.0 Å². The minimum Gasteiger partial charge on any atom is -0.324 e. The molecule has 2 N–H and O–H groups in total. The highest BCUT2D eigenvalue weighted by Crippen LogP contribution is 2.28. The van der Waals surface area contributed by atoms with Crippen molar-refractivity contribution in [1.82, 2.24) is 0 Å². The van der Waals surface area contributed by atoms with Crippen molar-refractivity contribution >= 4 is 23.2 Å². The van der Waals surface area contributed by atoms with Crippen molar-refractivity contribution in [2.45, 2.75) is 32.7 Å². The SMILES string of the molecule is CC(C)CC[C@@H](N)c1ccc(Cl)cc1Cl. The molecule has 0 aliphatic rings. The van der Waals surface area contributed by atoms with Crippen LogP contribution in [-0.4, -0.2) is 0 Å². The van der Waals surface area contributed by atoms with Gasteiger partial charge in [0.25, 0.3) is 0 Å². The van der Waals surface area contributed by atoms with Gasteiger partial charge in [-0.25, -0.2) is 0 Å². The molecule has 0 aliphatic heterocycles. The summed E-state index contributed by atoms with van der Waals surface area (Å²) in [6.45, 7) is 4.38. The predicted molar refractivity (Wildman–Crippen MR) is 67.5 cm³/mol. The second kappa shape index (κ2) is 5.74. The lowest BCUT2D eigenvalue weighted by Crippen LogP contribution is -2.11. The molecule has 0 spiro atoms. The summed E-state index contributed by atoms with van der Waals surface area (Å²) in [5.41, 5.74) is 7.05. The fourth-order valence-electron chi connectivity index (χ4n) is 1.47. The Morgan fingerprint density at radius 1 is 1.20 bits per heavy atom. The fourth-order valence-corrected chi connectivity index (χ4v) is 2.02. The van der Waals surface area contributed by atoms with Gasteiger partial charge >= 0.3 is 0 Å². The average molecular weight is 246 g/mol. The Hall–Kier alpha value is -0.240. The summed E-state index contributed by atoms with van der Waals surface area (Å²) < 4.78 is 0. The van der Waals surface area contributed by atoms with Gasteiger partial charge in [-0.2, -0.15) is 0 Å². The summed E-state index contributed by atoms with van der Waals surface area (Å²) in [6, 6.07) is 5.50. The molecule has 0 saturated carbocycles. The van der Waals surface area contributed by atoms with E-state index >= 15 is 0 Å². The number of rotatable bonds is 4. The molecule has 1 aromatic rings. The third-order valence-electron chi connectivity index (χ3n) is 2.42. The molecule has 1 rings (SSSR count). The topological polar surface area (TPSA) is 26.0 Å². The van der Waals surface area contributed by atoms with E-state index in [0.29, 0.717) is 16.0 Å². The van der Waals surface area contributed by atoms with Crippen LogP contribution in [0.1, 0.15) is 38.3 Å². The van der Waals surface area contributed by atoms with Crippen LogP contribution in [0.4, 0.5) is 0 Å². The van der Waals surface area contributed by atoms with Crippen molar-refractivity contribution in [3.8, 4) is 0 Å². The second-order valence-corrected chi connectivity index (χ2v) is 5.09. The zero-order chi connectivity index (χ0) is 11.4. The van der Waals surface area contributed by atoms with E-state index in [0.717, 1.165) is 18.4 Å². The largest absolute Gasteiger partial charge is 0.324 e. The van der Waals surface area contributed by atoms with Gasteiger partial charge in [-0.15, -0.1) is 0 Å². The molecule has 1 aromatic carbocycles. The maximum Gasteiger partial charge on any atom is 0.0468 e. The van der Waals surface area contributed by atoms with Crippen LogP contribution in [0.5, 0.6) is 0 Å². The summed E-state index contributed by atoms with van der Waals surface area (Å²) in [7, 11) is 0. The van der Waals surface area contributed by atoms with E-state index in [4.69, 9.17) is 28.9 Å². The van der Waals surface area contributed by atoms with Gasteiger partial charge in [0.15, 0.2) is 0 Å². The highest BCUT2D eigenvalue weighted by molar-refractivity contribution is 6.35. The van der Waals surface area contributed by atoms with Gasteiger partial charge in [-0.1, -0.05) is 43.1 Å². The van der Waals surface area contributed by atoms with Gasteiger partial charge in [0.1, 0.15) is 0 Å². The normalized spacial score (nSPS) is 13.2. The Morgan fingerprint density at radius 3 is 2.40 bits per heavy atom. The Labute approximate surface area is 102 Å². The zero-order valence-electron chi connectivity index (χ0n) is 9.13. The monoisotopic (exact) mass is 245 g/mol. The van der Waals surface area contributed by atoms with Gasteiger partial charge < -0.3 is 5.73 Å². The van der Waals surface area contributed by atoms with Crippen molar-refractivity contribution in [3.05, 3.63) is 33.8 Å². The maximum absolute atomic E-state index is 6.08. The van der Waals surface area contributed by atoms with Crippen LogP contribution in [0.25, 0.3) is 0 Å². The molecular weight excluding hydrogens is 229 g/mol. The summed E-state index contributed by atoms with van der Waals surface area (Å²) in [4.78, 5) is 0. The Balaban J connectivity index is 2.69. The van der Waals surface area contributed by atoms with Crippen molar-refractivity contribution in [2.75, 3.05) is 0 Å². The molecule has 0 aromatic heterocycles. The Kier molecular flexibility index (Phi) is 4.91. The molecular formula is C12H17Cl2N. The molecule has 0 radical (unpaired) electrons. The molecule has 0 heterocycles. The fraction of sp³-hybridized carbons (Fsp3) is 0.500. The summed E-state index contributed by atoms with van der Waals surface area (Å²) in [5, 5.41) is 1.32. The molecule has 0 fully saturated rings. The standard InChI is InChI=1S/C12H17Cl2N/c1-8(2)3-6-12(15)10-5-4-9(13)7-11(10)14/h4-5,7-8,12H,3,6,15H2,1-2H3/t12-/m1/s1. The first-order valence-electron chi connectivity index (χ1n) is 5.21. The lowest BCUT2D eigenvalue weighted by atomic mass is 9.98. The lowest BCUT2D eigenvalue weighted by Gasteiger charge is -2.15. The molecule has 0 saturated heterocycles. The number of nitrogens with two attached hydrogens (primary N) is 1.